The molecular weight excluding hydrogens is 258 g/mol. The Bertz CT molecular complexity index is 385. The van der Waals surface area contributed by atoms with Crippen LogP contribution in [0, 0.1) is 0 Å². The first-order valence-electron chi connectivity index (χ1n) is 5.36. The van der Waals surface area contributed by atoms with E-state index in [0.717, 1.165) is 28.6 Å². The van der Waals surface area contributed by atoms with Gasteiger partial charge in [-0.15, -0.1) is 11.8 Å². The van der Waals surface area contributed by atoms with Gasteiger partial charge in [0, 0.05) is 16.5 Å². The highest BCUT2D eigenvalue weighted by Gasteiger charge is 2.05. The Hall–Kier alpha value is -0.710. The van der Waals surface area contributed by atoms with Crippen molar-refractivity contribution in [2.75, 3.05) is 19.4 Å². The molecule has 0 radical (unpaired) electrons. The highest BCUT2D eigenvalue weighted by atomic mass is 35.5. The number of thioether (sulfide) groups is 1. The molecule has 0 aromatic heterocycles. The van der Waals surface area contributed by atoms with Gasteiger partial charge >= 0.3 is 5.97 Å². The van der Waals surface area contributed by atoms with Crippen molar-refractivity contribution < 1.29 is 9.53 Å². The molecule has 0 aliphatic rings. The highest BCUT2D eigenvalue weighted by Crippen LogP contribution is 2.25. The Kier molecular flexibility index (Phi) is 6.40. The second kappa shape index (κ2) is 7.58. The minimum Gasteiger partial charge on any atom is -0.468 e. The molecule has 0 saturated heterocycles. The molecule has 0 amide bonds. The Morgan fingerprint density at radius 2 is 2.29 bits per heavy atom. The van der Waals surface area contributed by atoms with Crippen LogP contribution in [0.4, 0.5) is 0 Å². The van der Waals surface area contributed by atoms with Crippen molar-refractivity contribution in [3.8, 4) is 0 Å². The summed E-state index contributed by atoms with van der Waals surface area (Å²) in [5.41, 5.74) is 1.07. The molecule has 0 heterocycles. The largest absolute Gasteiger partial charge is 0.468 e. The van der Waals surface area contributed by atoms with Gasteiger partial charge in [0.05, 0.1) is 12.9 Å². The van der Waals surface area contributed by atoms with E-state index in [2.05, 4.69) is 17.0 Å². The fourth-order valence-electron chi connectivity index (χ4n) is 1.22. The molecule has 0 fully saturated rings. The van der Waals surface area contributed by atoms with Crippen LogP contribution in [0.5, 0.6) is 0 Å². The van der Waals surface area contributed by atoms with Gasteiger partial charge in [0.25, 0.3) is 0 Å². The molecular formula is C12H16ClNO2S. The molecule has 0 spiro atoms. The van der Waals surface area contributed by atoms with E-state index in [0.29, 0.717) is 5.75 Å². The maximum Gasteiger partial charge on any atom is 0.315 e. The van der Waals surface area contributed by atoms with Gasteiger partial charge in [0.2, 0.25) is 0 Å². The second-order valence-corrected chi connectivity index (χ2v) is 4.85. The summed E-state index contributed by atoms with van der Waals surface area (Å²) in [6.45, 7) is 3.72. The predicted octanol–water partition coefficient (Wildman–Crippen LogP) is 2.71. The van der Waals surface area contributed by atoms with E-state index < -0.39 is 0 Å². The van der Waals surface area contributed by atoms with Crippen LogP contribution in [0.2, 0.25) is 5.02 Å². The van der Waals surface area contributed by atoms with Gasteiger partial charge in [-0.3, -0.25) is 4.79 Å². The molecule has 1 rings (SSSR count). The summed E-state index contributed by atoms with van der Waals surface area (Å²) in [6, 6.07) is 5.82. The minimum atomic E-state index is -0.233. The third-order valence-corrected chi connectivity index (χ3v) is 3.49. The summed E-state index contributed by atoms with van der Waals surface area (Å²) in [6.07, 6.45) is 0. The van der Waals surface area contributed by atoms with Crippen molar-refractivity contribution >= 4 is 29.3 Å². The van der Waals surface area contributed by atoms with Crippen molar-refractivity contribution in [2.24, 2.45) is 0 Å². The van der Waals surface area contributed by atoms with E-state index in [1.54, 1.807) is 0 Å². The monoisotopic (exact) mass is 273 g/mol. The summed E-state index contributed by atoms with van der Waals surface area (Å²) in [5, 5.41) is 3.94. The number of carbonyl (C=O) groups excluding carboxylic acids is 1. The lowest BCUT2D eigenvalue weighted by molar-refractivity contribution is -0.137. The molecule has 5 heteroatoms. The van der Waals surface area contributed by atoms with Crippen LogP contribution in [-0.4, -0.2) is 25.4 Å². The lowest BCUT2D eigenvalue weighted by atomic mass is 10.2. The molecule has 0 atom stereocenters. The first kappa shape index (κ1) is 14.4. The summed E-state index contributed by atoms with van der Waals surface area (Å²) >= 11 is 7.57. The quantitative estimate of drug-likeness (QED) is 0.639. The van der Waals surface area contributed by atoms with E-state index in [1.807, 2.05) is 18.2 Å². The summed E-state index contributed by atoms with van der Waals surface area (Å²) in [5.74, 6) is 0.0715. The van der Waals surface area contributed by atoms with Gasteiger partial charge in [0.15, 0.2) is 0 Å². The fraction of sp³-hybridized carbons (Fsp3) is 0.417. The number of rotatable bonds is 6. The van der Waals surface area contributed by atoms with E-state index in [9.17, 15) is 4.79 Å². The summed E-state index contributed by atoms with van der Waals surface area (Å²) in [7, 11) is 1.38. The average molecular weight is 274 g/mol. The van der Waals surface area contributed by atoms with Crippen LogP contribution in [0.15, 0.2) is 23.1 Å². The number of ether oxygens (including phenoxy) is 1. The number of benzene rings is 1. The van der Waals surface area contributed by atoms with E-state index in [1.165, 1.54) is 18.9 Å². The predicted molar refractivity (Wildman–Crippen MR) is 71.6 cm³/mol. The van der Waals surface area contributed by atoms with Crippen LogP contribution in [0.3, 0.4) is 0 Å². The molecule has 0 bridgehead atoms. The van der Waals surface area contributed by atoms with Crippen LogP contribution in [0.25, 0.3) is 0 Å². The summed E-state index contributed by atoms with van der Waals surface area (Å²) in [4.78, 5) is 12.0. The van der Waals surface area contributed by atoms with Crippen molar-refractivity contribution in [1.82, 2.24) is 5.32 Å². The molecule has 0 aliphatic carbocycles. The maximum absolute atomic E-state index is 11.0. The first-order chi connectivity index (χ1) is 8.17. The second-order valence-electron chi connectivity index (χ2n) is 3.40. The fourth-order valence-corrected chi connectivity index (χ4v) is 2.30. The van der Waals surface area contributed by atoms with E-state index in [4.69, 9.17) is 11.6 Å². The lowest BCUT2D eigenvalue weighted by Gasteiger charge is -2.07. The smallest absolute Gasteiger partial charge is 0.315 e. The zero-order valence-corrected chi connectivity index (χ0v) is 11.5. The van der Waals surface area contributed by atoms with Crippen LogP contribution in [0.1, 0.15) is 12.5 Å². The molecule has 94 valence electrons. The van der Waals surface area contributed by atoms with Crippen molar-refractivity contribution in [2.45, 2.75) is 18.4 Å². The Labute approximate surface area is 111 Å². The molecule has 17 heavy (non-hydrogen) atoms. The van der Waals surface area contributed by atoms with Crippen molar-refractivity contribution in [1.29, 1.82) is 0 Å². The number of nitrogens with one attached hydrogen (secondary N) is 1. The Balaban J connectivity index is 2.58. The lowest BCUT2D eigenvalue weighted by Crippen LogP contribution is -2.11. The van der Waals surface area contributed by atoms with Gasteiger partial charge in [0.1, 0.15) is 0 Å². The van der Waals surface area contributed by atoms with Crippen LogP contribution in [-0.2, 0) is 16.1 Å². The number of carbonyl (C=O) groups is 1. The highest BCUT2D eigenvalue weighted by molar-refractivity contribution is 8.00. The maximum atomic E-state index is 11.0. The van der Waals surface area contributed by atoms with Gasteiger partial charge < -0.3 is 10.1 Å². The summed E-state index contributed by atoms with van der Waals surface area (Å²) < 4.78 is 4.58. The third kappa shape index (κ3) is 4.98. The molecule has 3 nitrogen and oxygen atoms in total. The number of hydrogen-bond donors (Lipinski definition) is 1. The molecule has 1 aromatic carbocycles. The van der Waals surface area contributed by atoms with Gasteiger partial charge in [-0.1, -0.05) is 24.6 Å². The number of hydrogen-bond acceptors (Lipinski definition) is 4. The van der Waals surface area contributed by atoms with Gasteiger partial charge in [-0.25, -0.2) is 0 Å². The molecule has 0 saturated carbocycles. The van der Waals surface area contributed by atoms with Crippen LogP contribution >= 0.6 is 23.4 Å². The topological polar surface area (TPSA) is 38.3 Å². The van der Waals surface area contributed by atoms with Crippen molar-refractivity contribution in [3.05, 3.63) is 28.8 Å². The third-order valence-electron chi connectivity index (χ3n) is 2.17. The Morgan fingerprint density at radius 1 is 1.53 bits per heavy atom. The van der Waals surface area contributed by atoms with Gasteiger partial charge in [-0.2, -0.15) is 0 Å². The van der Waals surface area contributed by atoms with Gasteiger partial charge in [-0.05, 0) is 24.2 Å². The molecule has 1 N–H and O–H groups in total. The Morgan fingerprint density at radius 3 is 2.88 bits per heavy atom. The number of esters is 1. The van der Waals surface area contributed by atoms with Crippen LogP contribution < -0.4 is 5.32 Å². The minimum absolute atomic E-state index is 0.233. The number of halogens is 1. The normalized spacial score (nSPS) is 10.3. The van der Waals surface area contributed by atoms with Crippen molar-refractivity contribution in [3.63, 3.8) is 0 Å². The van der Waals surface area contributed by atoms with E-state index in [-0.39, 0.29) is 5.97 Å². The molecule has 1 aromatic rings. The molecule has 0 aliphatic heterocycles. The first-order valence-corrected chi connectivity index (χ1v) is 6.72. The van der Waals surface area contributed by atoms with E-state index >= 15 is 0 Å². The standard InChI is InChI=1S/C12H16ClNO2S/c1-3-14-7-9-4-5-10(6-11(9)13)17-8-12(15)16-2/h4-6,14H,3,7-8H2,1-2H3. The molecule has 0 unspecified atom stereocenters. The SMILES string of the molecule is CCNCc1ccc(SCC(=O)OC)cc1Cl. The zero-order chi connectivity index (χ0) is 12.7. The zero-order valence-electron chi connectivity index (χ0n) is 9.96. The average Bonchev–Trinajstić information content (AvgIpc) is 2.34. The number of methoxy groups -OCH3 is 1.